The first kappa shape index (κ1) is 16.3. The molecule has 2 heterocycles. The monoisotopic (exact) mass is 341 g/mol. The van der Waals surface area contributed by atoms with Gasteiger partial charge < -0.3 is 15.2 Å². The van der Waals surface area contributed by atoms with E-state index in [0.717, 1.165) is 10.4 Å². The summed E-state index contributed by atoms with van der Waals surface area (Å²) in [4.78, 5) is 24.5. The molecule has 0 unspecified atom stereocenters. The van der Waals surface area contributed by atoms with E-state index in [0.29, 0.717) is 19.5 Å². The van der Waals surface area contributed by atoms with Crippen molar-refractivity contribution in [1.82, 2.24) is 15.2 Å². The quantitative estimate of drug-likeness (QED) is 0.699. The van der Waals surface area contributed by atoms with Crippen LogP contribution in [0.5, 0.6) is 0 Å². The van der Waals surface area contributed by atoms with Crippen LogP contribution in [0.4, 0.5) is 0 Å². The summed E-state index contributed by atoms with van der Waals surface area (Å²) in [5, 5.41) is 8.39. The zero-order valence-electron chi connectivity index (χ0n) is 13.4. The molecule has 0 bridgehead atoms. The minimum Gasteiger partial charge on any atom is -0.351 e. The normalized spacial score (nSPS) is 10.7. The molecule has 6 heteroatoms. The number of fused-ring (bicyclic) bond motifs is 1. The van der Waals surface area contributed by atoms with Gasteiger partial charge in [0.05, 0.1) is 6.54 Å². The van der Waals surface area contributed by atoms with Crippen molar-refractivity contribution in [1.29, 1.82) is 0 Å². The van der Waals surface area contributed by atoms with Gasteiger partial charge in [0.25, 0.3) is 0 Å². The van der Waals surface area contributed by atoms with Crippen LogP contribution >= 0.6 is 11.3 Å². The molecular formula is C18H19N3O2S. The highest BCUT2D eigenvalue weighted by Gasteiger charge is 2.12. The largest absolute Gasteiger partial charge is 0.351 e. The van der Waals surface area contributed by atoms with Crippen molar-refractivity contribution < 1.29 is 9.59 Å². The minimum absolute atomic E-state index is 0.384. The molecular weight excluding hydrogens is 322 g/mol. The van der Waals surface area contributed by atoms with E-state index in [1.165, 1.54) is 10.9 Å². The highest BCUT2D eigenvalue weighted by molar-refractivity contribution is 7.09. The molecule has 2 aromatic heterocycles. The highest BCUT2D eigenvalue weighted by atomic mass is 32.1. The summed E-state index contributed by atoms with van der Waals surface area (Å²) in [6, 6.07) is 12.1. The second kappa shape index (κ2) is 7.31. The van der Waals surface area contributed by atoms with Gasteiger partial charge in [-0.15, -0.1) is 11.3 Å². The molecule has 124 valence electrons. The van der Waals surface area contributed by atoms with Crippen LogP contribution < -0.4 is 10.6 Å². The Balaban J connectivity index is 1.46. The van der Waals surface area contributed by atoms with Crippen LogP contribution in [-0.4, -0.2) is 22.9 Å². The molecule has 2 N–H and O–H groups in total. The fourth-order valence-electron chi connectivity index (χ4n) is 2.55. The zero-order valence-corrected chi connectivity index (χ0v) is 14.2. The Morgan fingerprint density at radius 2 is 1.96 bits per heavy atom. The summed E-state index contributed by atoms with van der Waals surface area (Å²) in [7, 11) is 2.01. The van der Waals surface area contributed by atoms with Crippen LogP contribution in [0.25, 0.3) is 10.9 Å². The summed E-state index contributed by atoms with van der Waals surface area (Å²) in [5.74, 6) is -1.19. The van der Waals surface area contributed by atoms with Gasteiger partial charge in [0.15, 0.2) is 0 Å². The average Bonchev–Trinajstić information content (AvgIpc) is 3.22. The van der Waals surface area contributed by atoms with Crippen LogP contribution in [0.15, 0.2) is 48.0 Å². The summed E-state index contributed by atoms with van der Waals surface area (Å²) in [5.41, 5.74) is 2.31. The fourth-order valence-corrected chi connectivity index (χ4v) is 3.19. The van der Waals surface area contributed by atoms with E-state index in [4.69, 9.17) is 0 Å². The number of benzene rings is 1. The molecule has 0 atom stereocenters. The van der Waals surface area contributed by atoms with Crippen LogP contribution in [0.3, 0.4) is 0 Å². The summed E-state index contributed by atoms with van der Waals surface area (Å²) < 4.78 is 2.07. The van der Waals surface area contributed by atoms with E-state index in [9.17, 15) is 9.59 Å². The highest BCUT2D eigenvalue weighted by Crippen LogP contribution is 2.16. The molecule has 2 amide bonds. The molecule has 24 heavy (non-hydrogen) atoms. The lowest BCUT2D eigenvalue weighted by molar-refractivity contribution is -0.139. The third-order valence-corrected chi connectivity index (χ3v) is 4.73. The van der Waals surface area contributed by atoms with Gasteiger partial charge in [0.2, 0.25) is 0 Å². The van der Waals surface area contributed by atoms with E-state index in [1.54, 1.807) is 11.3 Å². The zero-order chi connectivity index (χ0) is 16.9. The van der Waals surface area contributed by atoms with Crippen LogP contribution in [0.1, 0.15) is 10.4 Å². The molecule has 0 aliphatic carbocycles. The number of carbonyl (C=O) groups excluding carboxylic acids is 2. The second-order valence-electron chi connectivity index (χ2n) is 5.59. The predicted octanol–water partition coefficient (Wildman–Crippen LogP) is 2.21. The second-order valence-corrected chi connectivity index (χ2v) is 6.62. The first-order chi connectivity index (χ1) is 11.6. The minimum atomic E-state index is -0.595. The Morgan fingerprint density at radius 3 is 2.75 bits per heavy atom. The number of hydrogen-bond donors (Lipinski definition) is 2. The molecule has 0 spiro atoms. The van der Waals surface area contributed by atoms with E-state index in [1.807, 2.05) is 36.8 Å². The SMILES string of the molecule is Cn1ccc2cc(CCNC(=O)C(=O)NCc3cccs3)ccc21. The first-order valence-corrected chi connectivity index (χ1v) is 8.64. The van der Waals surface area contributed by atoms with E-state index in [2.05, 4.69) is 33.4 Å². The Kier molecular flexibility index (Phi) is 4.96. The van der Waals surface area contributed by atoms with E-state index in [-0.39, 0.29) is 0 Å². The van der Waals surface area contributed by atoms with Crippen LogP contribution in [-0.2, 0) is 29.6 Å². The Morgan fingerprint density at radius 1 is 1.12 bits per heavy atom. The van der Waals surface area contributed by atoms with Gasteiger partial charge in [-0.1, -0.05) is 12.1 Å². The molecule has 1 aromatic carbocycles. The number of nitrogens with zero attached hydrogens (tertiary/aromatic N) is 1. The number of carbonyl (C=O) groups is 2. The number of nitrogens with one attached hydrogen (secondary N) is 2. The van der Waals surface area contributed by atoms with Gasteiger partial charge in [-0.25, -0.2) is 0 Å². The number of aryl methyl sites for hydroxylation is 1. The summed E-state index contributed by atoms with van der Waals surface area (Å²) in [6.45, 7) is 0.818. The van der Waals surface area contributed by atoms with Crippen molar-refractivity contribution >= 4 is 34.1 Å². The predicted molar refractivity (Wildman–Crippen MR) is 95.8 cm³/mol. The Labute approximate surface area is 144 Å². The molecule has 5 nitrogen and oxygen atoms in total. The molecule has 3 aromatic rings. The van der Waals surface area contributed by atoms with E-state index >= 15 is 0 Å². The van der Waals surface area contributed by atoms with Crippen LogP contribution in [0.2, 0.25) is 0 Å². The number of thiophene rings is 1. The standard InChI is InChI=1S/C18H19N3O2S/c1-21-9-7-14-11-13(4-5-16(14)21)6-8-19-17(22)18(23)20-12-15-3-2-10-24-15/h2-5,7,9-11H,6,8,12H2,1H3,(H,19,22)(H,20,23). The average molecular weight is 341 g/mol. The van der Waals surface area contributed by atoms with Gasteiger partial charge >= 0.3 is 11.8 Å². The molecule has 0 aliphatic heterocycles. The van der Waals surface area contributed by atoms with Crippen molar-refractivity contribution in [3.05, 3.63) is 58.4 Å². The Bertz CT molecular complexity index is 852. The third-order valence-electron chi connectivity index (χ3n) is 3.86. The first-order valence-electron chi connectivity index (χ1n) is 7.76. The lowest BCUT2D eigenvalue weighted by atomic mass is 10.1. The molecule has 0 radical (unpaired) electrons. The Hall–Kier alpha value is -2.60. The van der Waals surface area contributed by atoms with Crippen LogP contribution in [0, 0.1) is 0 Å². The third kappa shape index (κ3) is 3.83. The van der Waals surface area contributed by atoms with Crippen molar-refractivity contribution in [2.24, 2.45) is 7.05 Å². The van der Waals surface area contributed by atoms with Crippen molar-refractivity contribution in [2.75, 3.05) is 6.54 Å². The maximum atomic E-state index is 11.8. The molecule has 0 saturated carbocycles. The number of aromatic nitrogens is 1. The van der Waals surface area contributed by atoms with Crippen molar-refractivity contribution in [3.8, 4) is 0 Å². The lowest BCUT2D eigenvalue weighted by Crippen LogP contribution is -2.40. The van der Waals surface area contributed by atoms with Gasteiger partial charge in [0, 0.05) is 30.2 Å². The van der Waals surface area contributed by atoms with Gasteiger partial charge in [0.1, 0.15) is 0 Å². The smallest absolute Gasteiger partial charge is 0.309 e. The van der Waals surface area contributed by atoms with Crippen molar-refractivity contribution in [2.45, 2.75) is 13.0 Å². The molecule has 3 rings (SSSR count). The summed E-state index contributed by atoms with van der Waals surface area (Å²) >= 11 is 1.55. The molecule has 0 aliphatic rings. The summed E-state index contributed by atoms with van der Waals surface area (Å²) in [6.07, 6.45) is 2.71. The topological polar surface area (TPSA) is 63.1 Å². The lowest BCUT2D eigenvalue weighted by Gasteiger charge is -2.06. The number of rotatable bonds is 5. The molecule has 0 saturated heterocycles. The maximum Gasteiger partial charge on any atom is 0.309 e. The van der Waals surface area contributed by atoms with Gasteiger partial charge in [-0.3, -0.25) is 9.59 Å². The number of amides is 2. The van der Waals surface area contributed by atoms with Gasteiger partial charge in [-0.05, 0) is 47.0 Å². The molecule has 0 fully saturated rings. The number of hydrogen-bond acceptors (Lipinski definition) is 3. The fraction of sp³-hybridized carbons (Fsp3) is 0.222. The maximum absolute atomic E-state index is 11.8. The van der Waals surface area contributed by atoms with Gasteiger partial charge in [-0.2, -0.15) is 0 Å². The van der Waals surface area contributed by atoms with Crippen molar-refractivity contribution in [3.63, 3.8) is 0 Å². The van der Waals surface area contributed by atoms with E-state index < -0.39 is 11.8 Å².